The van der Waals surface area contributed by atoms with Crippen LogP contribution in [0.4, 0.5) is 23.7 Å². The molecule has 0 aliphatic carbocycles. The lowest BCUT2D eigenvalue weighted by Gasteiger charge is -2.17. The molecule has 0 fully saturated rings. The van der Waals surface area contributed by atoms with Crippen molar-refractivity contribution in [3.8, 4) is 5.75 Å². The van der Waals surface area contributed by atoms with Gasteiger partial charge in [0.05, 0.1) is 18.4 Å². The Labute approximate surface area is 175 Å². The summed E-state index contributed by atoms with van der Waals surface area (Å²) in [6.45, 7) is 0. The highest BCUT2D eigenvalue weighted by molar-refractivity contribution is 7.82. The normalized spacial score (nSPS) is 10.5. The van der Waals surface area contributed by atoms with Gasteiger partial charge in [-0.1, -0.05) is 12.8 Å². The quantitative estimate of drug-likeness (QED) is 0.622. The predicted octanol–water partition coefficient (Wildman–Crippen LogP) is 3.44. The standard InChI is InChI=1S/C17H14F3N3O4S.ClH/c1-27-13-7-4-10(8-12(13)17(18,19)20)15(25)22-16(26)23(28)11-5-2-9(3-6-11)14(21)24;/h2-8,28H,1H3,(H2,21,24)(H,22,25,26);1H. The number of carbonyl (C=O) groups is 3. The molecule has 0 heterocycles. The maximum Gasteiger partial charge on any atom is 0.419 e. The molecule has 0 spiro atoms. The Morgan fingerprint density at radius 2 is 1.62 bits per heavy atom. The molecule has 0 radical (unpaired) electrons. The van der Waals surface area contributed by atoms with E-state index in [-0.39, 0.29) is 23.7 Å². The smallest absolute Gasteiger partial charge is 0.419 e. The van der Waals surface area contributed by atoms with E-state index in [1.165, 1.54) is 24.3 Å². The predicted molar refractivity (Wildman–Crippen MR) is 105 cm³/mol. The van der Waals surface area contributed by atoms with Gasteiger partial charge in [0.25, 0.3) is 5.91 Å². The zero-order chi connectivity index (χ0) is 21.1. The number of nitrogens with zero attached hydrogens (tertiary/aromatic N) is 1. The first-order chi connectivity index (χ1) is 13.0. The lowest BCUT2D eigenvalue weighted by Crippen LogP contribution is -2.38. The lowest BCUT2D eigenvalue weighted by molar-refractivity contribution is -0.138. The number of nitrogens with one attached hydrogen (secondary N) is 1. The number of carbonyl (C=O) groups excluding carboxylic acids is 3. The topological polar surface area (TPSA) is 102 Å². The number of urea groups is 1. The molecule has 0 saturated heterocycles. The van der Waals surface area contributed by atoms with Crippen LogP contribution in [0, 0.1) is 0 Å². The van der Waals surface area contributed by atoms with Crippen molar-refractivity contribution in [2.75, 3.05) is 11.4 Å². The lowest BCUT2D eigenvalue weighted by atomic mass is 10.1. The van der Waals surface area contributed by atoms with Crippen molar-refractivity contribution in [1.29, 1.82) is 0 Å². The summed E-state index contributed by atoms with van der Waals surface area (Å²) in [5.41, 5.74) is 3.95. The summed E-state index contributed by atoms with van der Waals surface area (Å²) in [5.74, 6) is -2.19. The van der Waals surface area contributed by atoms with E-state index in [9.17, 15) is 27.6 Å². The van der Waals surface area contributed by atoms with Gasteiger partial charge in [-0.15, -0.1) is 12.4 Å². The number of hydrogen-bond donors (Lipinski definition) is 3. The zero-order valence-electron chi connectivity index (χ0n) is 14.7. The van der Waals surface area contributed by atoms with Crippen LogP contribution in [-0.2, 0) is 6.18 Å². The van der Waals surface area contributed by atoms with Crippen molar-refractivity contribution in [2.24, 2.45) is 5.73 Å². The third kappa shape index (κ3) is 5.78. The van der Waals surface area contributed by atoms with Gasteiger partial charge in [-0.3, -0.25) is 14.9 Å². The molecule has 2 rings (SSSR count). The number of ether oxygens (including phenoxy) is 1. The number of rotatable bonds is 4. The Morgan fingerprint density at radius 1 is 1.07 bits per heavy atom. The second-order valence-corrected chi connectivity index (χ2v) is 5.80. The third-order valence-corrected chi connectivity index (χ3v) is 3.99. The number of halogens is 4. The minimum atomic E-state index is -4.75. The van der Waals surface area contributed by atoms with E-state index in [1.54, 1.807) is 0 Å². The highest BCUT2D eigenvalue weighted by atomic mass is 35.5. The number of amides is 4. The van der Waals surface area contributed by atoms with Crippen molar-refractivity contribution in [1.82, 2.24) is 5.32 Å². The molecule has 0 bridgehead atoms. The van der Waals surface area contributed by atoms with Gasteiger partial charge in [-0.05, 0) is 42.5 Å². The molecule has 12 heteroatoms. The van der Waals surface area contributed by atoms with Crippen LogP contribution in [0.25, 0.3) is 0 Å². The average molecular weight is 450 g/mol. The first kappa shape index (κ1) is 24.1. The van der Waals surface area contributed by atoms with E-state index >= 15 is 0 Å². The molecule has 7 nitrogen and oxygen atoms in total. The number of primary amides is 1. The number of hydrogen-bond acceptors (Lipinski definition) is 5. The number of benzene rings is 2. The highest BCUT2D eigenvalue weighted by Gasteiger charge is 2.35. The molecular formula is C17H15ClF3N3O4S. The van der Waals surface area contributed by atoms with Crippen molar-refractivity contribution in [3.63, 3.8) is 0 Å². The number of methoxy groups -OCH3 is 1. The fraction of sp³-hybridized carbons (Fsp3) is 0.118. The summed E-state index contributed by atoms with van der Waals surface area (Å²) in [7, 11) is 1.07. The summed E-state index contributed by atoms with van der Waals surface area (Å²) in [5, 5.41) is 1.92. The Kier molecular flexibility index (Phi) is 7.92. The number of alkyl halides is 3. The van der Waals surface area contributed by atoms with E-state index < -0.39 is 40.9 Å². The Hall–Kier alpha value is -2.92. The second-order valence-electron chi connectivity index (χ2n) is 5.40. The van der Waals surface area contributed by atoms with Gasteiger partial charge in [-0.2, -0.15) is 13.2 Å². The molecular weight excluding hydrogens is 435 g/mol. The summed E-state index contributed by atoms with van der Waals surface area (Å²) >= 11 is 3.94. The van der Waals surface area contributed by atoms with Crippen LogP contribution in [0.3, 0.4) is 0 Å². The third-order valence-electron chi connectivity index (χ3n) is 3.58. The molecule has 156 valence electrons. The van der Waals surface area contributed by atoms with E-state index in [0.29, 0.717) is 6.07 Å². The largest absolute Gasteiger partial charge is 0.496 e. The average Bonchev–Trinajstić information content (AvgIpc) is 2.66. The van der Waals surface area contributed by atoms with Crippen LogP contribution >= 0.6 is 25.2 Å². The Balaban J connectivity index is 0.00000420. The highest BCUT2D eigenvalue weighted by Crippen LogP contribution is 2.36. The van der Waals surface area contributed by atoms with Crippen molar-refractivity contribution >= 4 is 48.8 Å². The maximum absolute atomic E-state index is 13.0. The molecule has 2 aromatic rings. The molecule has 0 aliphatic rings. The van der Waals surface area contributed by atoms with Crippen LogP contribution in [0.2, 0.25) is 0 Å². The van der Waals surface area contributed by atoms with Crippen molar-refractivity contribution in [3.05, 3.63) is 59.2 Å². The van der Waals surface area contributed by atoms with Crippen LogP contribution in [0.1, 0.15) is 26.3 Å². The summed E-state index contributed by atoms with van der Waals surface area (Å²) in [6.07, 6.45) is -4.75. The van der Waals surface area contributed by atoms with Gasteiger partial charge in [0.15, 0.2) is 0 Å². The van der Waals surface area contributed by atoms with Crippen molar-refractivity contribution < 1.29 is 32.3 Å². The van der Waals surface area contributed by atoms with Gasteiger partial charge in [0.2, 0.25) is 5.91 Å². The second kappa shape index (κ2) is 9.52. The van der Waals surface area contributed by atoms with E-state index in [2.05, 4.69) is 17.6 Å². The summed E-state index contributed by atoms with van der Waals surface area (Å²) < 4.78 is 44.5. The fourth-order valence-corrected chi connectivity index (χ4v) is 2.36. The fourth-order valence-electron chi connectivity index (χ4n) is 2.18. The molecule has 4 amide bonds. The van der Waals surface area contributed by atoms with Gasteiger partial charge in [-0.25, -0.2) is 9.10 Å². The molecule has 29 heavy (non-hydrogen) atoms. The SMILES string of the molecule is COc1ccc(C(=O)NC(=O)N(S)c2ccc(C(N)=O)cc2)cc1C(F)(F)F.Cl. The molecule has 0 atom stereocenters. The van der Waals surface area contributed by atoms with Crippen LogP contribution in [-0.4, -0.2) is 25.0 Å². The van der Waals surface area contributed by atoms with E-state index in [1.807, 2.05) is 5.32 Å². The number of thiol groups is 1. The number of nitrogens with two attached hydrogens (primary N) is 1. The monoisotopic (exact) mass is 449 g/mol. The number of anilines is 1. The minimum Gasteiger partial charge on any atom is -0.496 e. The van der Waals surface area contributed by atoms with Gasteiger partial charge in [0, 0.05) is 11.1 Å². The maximum atomic E-state index is 13.0. The van der Waals surface area contributed by atoms with Crippen LogP contribution in [0.15, 0.2) is 42.5 Å². The zero-order valence-corrected chi connectivity index (χ0v) is 16.4. The molecule has 2 aromatic carbocycles. The van der Waals surface area contributed by atoms with E-state index in [0.717, 1.165) is 23.5 Å². The molecule has 0 unspecified atom stereocenters. The molecule has 0 aromatic heterocycles. The molecule has 0 aliphatic heterocycles. The van der Waals surface area contributed by atoms with Crippen LogP contribution < -0.4 is 20.1 Å². The Morgan fingerprint density at radius 3 is 2.10 bits per heavy atom. The van der Waals surface area contributed by atoms with Crippen LogP contribution in [0.5, 0.6) is 5.75 Å². The van der Waals surface area contributed by atoms with Gasteiger partial charge in [0.1, 0.15) is 5.75 Å². The number of imide groups is 1. The molecule has 3 N–H and O–H groups in total. The van der Waals surface area contributed by atoms with E-state index in [4.69, 9.17) is 5.73 Å². The molecule has 0 saturated carbocycles. The van der Waals surface area contributed by atoms with Gasteiger partial charge < -0.3 is 10.5 Å². The van der Waals surface area contributed by atoms with Gasteiger partial charge >= 0.3 is 12.2 Å². The first-order valence-corrected chi connectivity index (χ1v) is 7.94. The summed E-state index contributed by atoms with van der Waals surface area (Å²) in [4.78, 5) is 35.3. The minimum absolute atomic E-state index is 0. The first-order valence-electron chi connectivity index (χ1n) is 7.54. The summed E-state index contributed by atoms with van der Waals surface area (Å²) in [6, 6.07) is 7.02. The van der Waals surface area contributed by atoms with Crippen molar-refractivity contribution in [2.45, 2.75) is 6.18 Å². The Bertz CT molecular complexity index is 923.